The molecule has 1 N–H and O–H groups in total. The first kappa shape index (κ1) is 25.0. The Morgan fingerprint density at radius 1 is 1.19 bits per heavy atom. The monoisotopic (exact) mass is 515 g/mol. The van der Waals surface area contributed by atoms with Crippen LogP contribution in [0.5, 0.6) is 11.5 Å². The first-order valence-corrected chi connectivity index (χ1v) is 11.5. The van der Waals surface area contributed by atoms with Gasteiger partial charge in [0, 0.05) is 16.5 Å². The van der Waals surface area contributed by atoms with Gasteiger partial charge in [-0.3, -0.25) is 4.79 Å². The molecule has 3 aromatic heterocycles. The number of carbonyl (C=O) groups excluding carboxylic acids is 1. The summed E-state index contributed by atoms with van der Waals surface area (Å²) in [6.45, 7) is 3.73. The Morgan fingerprint density at radius 2 is 1.92 bits per heavy atom. The van der Waals surface area contributed by atoms with Gasteiger partial charge in [0.1, 0.15) is 11.1 Å². The van der Waals surface area contributed by atoms with Crippen LogP contribution in [-0.4, -0.2) is 34.7 Å². The number of ether oxygens (including phenoxy) is 2. The molecule has 1 amide bonds. The zero-order chi connectivity index (χ0) is 26.2. The van der Waals surface area contributed by atoms with Crippen LogP contribution in [0, 0.1) is 18.3 Å². The Balaban J connectivity index is 1.79. The van der Waals surface area contributed by atoms with Gasteiger partial charge in [0.25, 0.3) is 5.91 Å². The van der Waals surface area contributed by atoms with Crippen molar-refractivity contribution in [3.63, 3.8) is 0 Å². The minimum atomic E-state index is -4.78. The van der Waals surface area contributed by atoms with Crippen LogP contribution in [0.1, 0.15) is 39.1 Å². The average Bonchev–Trinajstić information content (AvgIpc) is 3.42. The molecule has 0 atom stereocenters. The van der Waals surface area contributed by atoms with Crippen LogP contribution >= 0.6 is 11.3 Å². The van der Waals surface area contributed by atoms with Crippen LogP contribution < -0.4 is 14.8 Å². The van der Waals surface area contributed by atoms with Crippen molar-refractivity contribution in [1.29, 1.82) is 5.26 Å². The third-order valence-electron chi connectivity index (χ3n) is 5.53. The van der Waals surface area contributed by atoms with E-state index in [9.17, 15) is 23.2 Å². The van der Waals surface area contributed by atoms with Gasteiger partial charge in [-0.2, -0.15) is 23.5 Å². The summed E-state index contributed by atoms with van der Waals surface area (Å²) in [5.41, 5.74) is -0.0319. The Morgan fingerprint density at radius 3 is 2.53 bits per heavy atom. The van der Waals surface area contributed by atoms with Crippen LogP contribution in [0.25, 0.3) is 16.9 Å². The molecule has 4 rings (SSSR count). The number of aryl methyl sites for hydroxylation is 1. The van der Waals surface area contributed by atoms with Crippen molar-refractivity contribution in [2.24, 2.45) is 0 Å². The predicted octanol–water partition coefficient (Wildman–Crippen LogP) is 5.49. The highest BCUT2D eigenvalue weighted by atomic mass is 32.1. The smallest absolute Gasteiger partial charge is 0.433 e. The Labute approximate surface area is 207 Å². The molecule has 0 aliphatic carbocycles. The van der Waals surface area contributed by atoms with Gasteiger partial charge in [0.2, 0.25) is 0 Å². The van der Waals surface area contributed by atoms with E-state index in [4.69, 9.17) is 9.47 Å². The van der Waals surface area contributed by atoms with E-state index < -0.39 is 17.8 Å². The largest absolute Gasteiger partial charge is 0.493 e. The van der Waals surface area contributed by atoms with E-state index in [1.165, 1.54) is 37.7 Å². The maximum atomic E-state index is 14.0. The van der Waals surface area contributed by atoms with Crippen molar-refractivity contribution < 1.29 is 27.4 Å². The Hall–Kier alpha value is -4.11. The van der Waals surface area contributed by atoms with E-state index >= 15 is 0 Å². The number of aromatic nitrogens is 3. The molecule has 4 aromatic rings. The predicted molar refractivity (Wildman–Crippen MR) is 128 cm³/mol. The molecule has 0 spiro atoms. The summed E-state index contributed by atoms with van der Waals surface area (Å²) >= 11 is 1.23. The minimum Gasteiger partial charge on any atom is -0.493 e. The molecule has 8 nitrogen and oxygen atoms in total. The van der Waals surface area contributed by atoms with Gasteiger partial charge < -0.3 is 14.8 Å². The number of amides is 1. The molecule has 1 aromatic carbocycles. The lowest BCUT2D eigenvalue weighted by Gasteiger charge is -2.12. The minimum absolute atomic E-state index is 0.0101. The molecule has 0 aliphatic rings. The van der Waals surface area contributed by atoms with Crippen molar-refractivity contribution in [1.82, 2.24) is 14.6 Å². The van der Waals surface area contributed by atoms with E-state index in [0.717, 1.165) is 16.5 Å². The second-order valence-corrected chi connectivity index (χ2v) is 8.88. The Bertz CT molecular complexity index is 1520. The third-order valence-corrected chi connectivity index (χ3v) is 6.59. The fourth-order valence-electron chi connectivity index (χ4n) is 3.81. The molecular weight excluding hydrogens is 495 g/mol. The van der Waals surface area contributed by atoms with Gasteiger partial charge in [-0.05, 0) is 43.2 Å². The van der Waals surface area contributed by atoms with E-state index in [1.807, 2.05) is 13.8 Å². The first-order valence-electron chi connectivity index (χ1n) is 10.6. The first-order chi connectivity index (χ1) is 17.1. The van der Waals surface area contributed by atoms with Crippen LogP contribution in [0.3, 0.4) is 0 Å². The summed E-state index contributed by atoms with van der Waals surface area (Å²) in [6, 6.07) is 8.73. The van der Waals surface area contributed by atoms with Gasteiger partial charge in [-0.25, -0.2) is 9.50 Å². The SMILES string of the molecule is CCc1c(C)sc(NC(=O)c2cc3nc(-c4ccc(OC)c(OC)c4)cc(C(F)(F)F)n3n2)c1C#N. The quantitative estimate of drug-likeness (QED) is 0.365. The highest BCUT2D eigenvalue weighted by Crippen LogP contribution is 2.36. The van der Waals surface area contributed by atoms with Crippen molar-refractivity contribution in [3.05, 3.63) is 57.7 Å². The zero-order valence-electron chi connectivity index (χ0n) is 19.6. The standard InChI is InChI=1S/C24H20F3N5O3S/c1-5-14-12(2)36-23(15(14)11-28)30-22(33)17-10-21-29-16(9-20(24(25,26)27)32(21)31-17)13-6-7-18(34-3)19(8-13)35-4/h6-10H,5H2,1-4H3,(H,30,33). The molecule has 0 saturated carbocycles. The second kappa shape index (κ2) is 9.50. The second-order valence-electron chi connectivity index (χ2n) is 7.65. The number of nitrogens with one attached hydrogen (secondary N) is 1. The van der Waals surface area contributed by atoms with Gasteiger partial charge in [0.15, 0.2) is 28.5 Å². The number of alkyl halides is 3. The molecule has 0 radical (unpaired) electrons. The number of nitriles is 1. The number of rotatable bonds is 6. The van der Waals surface area contributed by atoms with E-state index in [-0.39, 0.29) is 17.0 Å². The van der Waals surface area contributed by atoms with Crippen LogP contribution in [-0.2, 0) is 12.6 Å². The third kappa shape index (κ3) is 4.45. The number of nitrogens with zero attached hydrogens (tertiary/aromatic N) is 4. The lowest BCUT2D eigenvalue weighted by atomic mass is 10.1. The topological polar surface area (TPSA) is 102 Å². The summed E-state index contributed by atoms with van der Waals surface area (Å²) < 4.78 is 52.9. The number of fused-ring (bicyclic) bond motifs is 1. The number of thiophene rings is 1. The van der Waals surface area contributed by atoms with Crippen molar-refractivity contribution >= 4 is 27.9 Å². The number of halogens is 3. The van der Waals surface area contributed by atoms with Crippen molar-refractivity contribution in [2.75, 3.05) is 19.5 Å². The zero-order valence-corrected chi connectivity index (χ0v) is 20.5. The maximum absolute atomic E-state index is 14.0. The number of anilines is 1. The van der Waals surface area contributed by atoms with Gasteiger partial charge in [-0.15, -0.1) is 11.3 Å². The normalized spacial score (nSPS) is 11.4. The number of methoxy groups -OCH3 is 2. The van der Waals surface area contributed by atoms with E-state index in [0.29, 0.717) is 38.6 Å². The molecule has 0 unspecified atom stereocenters. The molecule has 0 aliphatic heterocycles. The molecular formula is C24H20F3N5O3S. The van der Waals surface area contributed by atoms with Gasteiger partial charge >= 0.3 is 6.18 Å². The summed E-state index contributed by atoms with van der Waals surface area (Å²) in [7, 11) is 2.86. The molecule has 12 heteroatoms. The van der Waals surface area contributed by atoms with Gasteiger partial charge in [0.05, 0.1) is 25.5 Å². The van der Waals surface area contributed by atoms with E-state index in [2.05, 4.69) is 21.5 Å². The number of hydrogen-bond acceptors (Lipinski definition) is 7. The van der Waals surface area contributed by atoms with Crippen molar-refractivity contribution in [3.8, 4) is 28.8 Å². The summed E-state index contributed by atoms with van der Waals surface area (Å²) in [4.78, 5) is 18.1. The lowest BCUT2D eigenvalue weighted by Crippen LogP contribution is -2.15. The molecule has 3 heterocycles. The molecule has 0 fully saturated rings. The van der Waals surface area contributed by atoms with Gasteiger partial charge in [-0.1, -0.05) is 6.92 Å². The summed E-state index contributed by atoms with van der Waals surface area (Å²) in [5, 5.41) is 16.3. The molecule has 186 valence electrons. The van der Waals surface area contributed by atoms with Crippen LogP contribution in [0.4, 0.5) is 18.2 Å². The summed E-state index contributed by atoms with van der Waals surface area (Å²) in [6.07, 6.45) is -4.17. The maximum Gasteiger partial charge on any atom is 0.433 e. The number of benzene rings is 1. The molecule has 0 saturated heterocycles. The fourth-order valence-corrected chi connectivity index (χ4v) is 4.90. The number of hydrogen-bond donors (Lipinski definition) is 1. The fraction of sp³-hybridized carbons (Fsp3) is 0.250. The lowest BCUT2D eigenvalue weighted by molar-refractivity contribution is -0.142. The van der Waals surface area contributed by atoms with Crippen molar-refractivity contribution in [2.45, 2.75) is 26.4 Å². The average molecular weight is 516 g/mol. The summed E-state index contributed by atoms with van der Waals surface area (Å²) in [5.74, 6) is -0.0139. The highest BCUT2D eigenvalue weighted by molar-refractivity contribution is 7.16. The number of carbonyl (C=O) groups is 1. The van der Waals surface area contributed by atoms with Crippen LogP contribution in [0.15, 0.2) is 30.3 Å². The molecule has 0 bridgehead atoms. The molecule has 36 heavy (non-hydrogen) atoms. The van der Waals surface area contributed by atoms with E-state index in [1.54, 1.807) is 12.1 Å². The van der Waals surface area contributed by atoms with Crippen LogP contribution in [0.2, 0.25) is 0 Å². The Kier molecular flexibility index (Phi) is 6.60. The highest BCUT2D eigenvalue weighted by Gasteiger charge is 2.36.